The van der Waals surface area contributed by atoms with Crippen LogP contribution in [0.5, 0.6) is 0 Å². The number of aliphatic carboxylic acids is 1. The third-order valence-corrected chi connectivity index (χ3v) is 4.69. The number of rotatable bonds is 4. The van der Waals surface area contributed by atoms with Crippen LogP contribution in [0.25, 0.3) is 0 Å². The molecule has 1 aromatic carbocycles. The SMILES string of the molecule is CC(SCC1CCCc2ccccc21)C(=O)O. The van der Waals surface area contributed by atoms with Crippen LogP contribution in [0, 0.1) is 0 Å². The molecule has 2 nitrogen and oxygen atoms in total. The van der Waals surface area contributed by atoms with Crippen molar-refractivity contribution < 1.29 is 9.90 Å². The Kier molecular flexibility index (Phi) is 4.11. The van der Waals surface area contributed by atoms with E-state index in [9.17, 15) is 4.79 Å². The molecule has 0 saturated carbocycles. The quantitative estimate of drug-likeness (QED) is 0.890. The molecule has 1 aromatic rings. The first-order valence-corrected chi connectivity index (χ1v) is 7.15. The fourth-order valence-electron chi connectivity index (χ4n) is 2.36. The number of aryl methyl sites for hydroxylation is 1. The maximum atomic E-state index is 10.8. The lowest BCUT2D eigenvalue weighted by atomic mass is 9.84. The van der Waals surface area contributed by atoms with Gasteiger partial charge in [0.05, 0.1) is 5.25 Å². The number of benzene rings is 1. The second-order valence-electron chi connectivity index (χ2n) is 4.60. The molecule has 2 atom stereocenters. The van der Waals surface area contributed by atoms with Crippen LogP contribution in [0.15, 0.2) is 24.3 Å². The van der Waals surface area contributed by atoms with Gasteiger partial charge in [0.15, 0.2) is 0 Å². The zero-order valence-electron chi connectivity index (χ0n) is 10.1. The fourth-order valence-corrected chi connectivity index (χ4v) is 3.37. The molecular weight excluding hydrogens is 232 g/mol. The molecule has 3 heteroatoms. The van der Waals surface area contributed by atoms with Gasteiger partial charge in [0, 0.05) is 5.75 Å². The van der Waals surface area contributed by atoms with Crippen molar-refractivity contribution in [2.45, 2.75) is 37.4 Å². The van der Waals surface area contributed by atoms with Crippen LogP contribution in [-0.4, -0.2) is 22.1 Å². The molecule has 0 aromatic heterocycles. The van der Waals surface area contributed by atoms with Crippen molar-refractivity contribution in [3.8, 4) is 0 Å². The maximum absolute atomic E-state index is 10.8. The van der Waals surface area contributed by atoms with Gasteiger partial charge >= 0.3 is 5.97 Å². The topological polar surface area (TPSA) is 37.3 Å². The first-order valence-electron chi connectivity index (χ1n) is 6.10. The molecular formula is C14H18O2S. The van der Waals surface area contributed by atoms with Crippen LogP contribution in [-0.2, 0) is 11.2 Å². The van der Waals surface area contributed by atoms with Crippen molar-refractivity contribution in [2.75, 3.05) is 5.75 Å². The summed E-state index contributed by atoms with van der Waals surface area (Å²) >= 11 is 1.56. The van der Waals surface area contributed by atoms with Gasteiger partial charge in [-0.3, -0.25) is 4.79 Å². The van der Waals surface area contributed by atoms with Gasteiger partial charge in [0.25, 0.3) is 0 Å². The van der Waals surface area contributed by atoms with Crippen LogP contribution in [0.3, 0.4) is 0 Å². The molecule has 1 aliphatic carbocycles. The summed E-state index contributed by atoms with van der Waals surface area (Å²) in [5.41, 5.74) is 2.89. The number of fused-ring (bicyclic) bond motifs is 1. The monoisotopic (exact) mass is 250 g/mol. The normalized spacial score (nSPS) is 20.6. The third kappa shape index (κ3) is 3.03. The van der Waals surface area contributed by atoms with E-state index in [1.807, 2.05) is 0 Å². The van der Waals surface area contributed by atoms with Crippen molar-refractivity contribution in [3.63, 3.8) is 0 Å². The lowest BCUT2D eigenvalue weighted by Gasteiger charge is -2.25. The van der Waals surface area contributed by atoms with Gasteiger partial charge in [0.1, 0.15) is 0 Å². The minimum Gasteiger partial charge on any atom is -0.480 e. The number of hydrogen-bond donors (Lipinski definition) is 1. The van der Waals surface area contributed by atoms with Crippen molar-refractivity contribution in [1.82, 2.24) is 0 Å². The van der Waals surface area contributed by atoms with E-state index >= 15 is 0 Å². The molecule has 0 amide bonds. The van der Waals surface area contributed by atoms with E-state index in [1.54, 1.807) is 18.7 Å². The Morgan fingerprint density at radius 1 is 1.53 bits per heavy atom. The molecule has 2 unspecified atom stereocenters. The van der Waals surface area contributed by atoms with Crippen LogP contribution >= 0.6 is 11.8 Å². The summed E-state index contributed by atoms with van der Waals surface area (Å²) < 4.78 is 0. The lowest BCUT2D eigenvalue weighted by Crippen LogP contribution is -2.16. The van der Waals surface area contributed by atoms with E-state index in [0.717, 1.165) is 5.75 Å². The summed E-state index contributed by atoms with van der Waals surface area (Å²) in [5, 5.41) is 8.58. The van der Waals surface area contributed by atoms with Gasteiger partial charge in [-0.25, -0.2) is 0 Å². The van der Waals surface area contributed by atoms with E-state index in [2.05, 4.69) is 24.3 Å². The average Bonchev–Trinajstić information content (AvgIpc) is 2.35. The van der Waals surface area contributed by atoms with Gasteiger partial charge in [-0.1, -0.05) is 24.3 Å². The van der Waals surface area contributed by atoms with Gasteiger partial charge in [-0.05, 0) is 43.2 Å². The zero-order valence-corrected chi connectivity index (χ0v) is 10.9. The van der Waals surface area contributed by atoms with E-state index in [-0.39, 0.29) is 5.25 Å². The van der Waals surface area contributed by atoms with Crippen LogP contribution < -0.4 is 0 Å². The smallest absolute Gasteiger partial charge is 0.316 e. The Hall–Kier alpha value is -0.960. The minimum absolute atomic E-state index is 0.302. The Labute approximate surface area is 106 Å². The Balaban J connectivity index is 2.01. The van der Waals surface area contributed by atoms with Crippen molar-refractivity contribution in [1.29, 1.82) is 0 Å². The van der Waals surface area contributed by atoms with E-state index < -0.39 is 5.97 Å². The highest BCUT2D eigenvalue weighted by Gasteiger charge is 2.21. The molecule has 2 rings (SSSR count). The lowest BCUT2D eigenvalue weighted by molar-refractivity contribution is -0.136. The Morgan fingerprint density at radius 2 is 2.29 bits per heavy atom. The first kappa shape index (κ1) is 12.5. The van der Waals surface area contributed by atoms with E-state index in [1.165, 1.54) is 30.4 Å². The number of carboxylic acid groups (broad SMARTS) is 1. The average molecular weight is 250 g/mol. The van der Waals surface area contributed by atoms with Crippen molar-refractivity contribution in [3.05, 3.63) is 35.4 Å². The number of thioether (sulfide) groups is 1. The molecule has 0 fully saturated rings. The second kappa shape index (κ2) is 5.58. The van der Waals surface area contributed by atoms with E-state index in [4.69, 9.17) is 5.11 Å². The standard InChI is InChI=1S/C14H18O2S/c1-10(14(15)16)17-9-12-7-4-6-11-5-2-3-8-13(11)12/h2-3,5,8,10,12H,4,6-7,9H2,1H3,(H,15,16). The van der Waals surface area contributed by atoms with Crippen molar-refractivity contribution in [2.24, 2.45) is 0 Å². The Morgan fingerprint density at radius 3 is 3.06 bits per heavy atom. The summed E-state index contributed by atoms with van der Waals surface area (Å²) in [4.78, 5) is 10.8. The molecule has 0 spiro atoms. The molecule has 17 heavy (non-hydrogen) atoms. The van der Waals surface area contributed by atoms with Crippen molar-refractivity contribution >= 4 is 17.7 Å². The van der Waals surface area contributed by atoms with Gasteiger partial charge in [-0.2, -0.15) is 0 Å². The number of carbonyl (C=O) groups is 1. The molecule has 92 valence electrons. The van der Waals surface area contributed by atoms with Crippen LogP contribution in [0.2, 0.25) is 0 Å². The summed E-state index contributed by atoms with van der Waals surface area (Å²) in [6.45, 7) is 1.77. The van der Waals surface area contributed by atoms with Gasteiger partial charge in [0.2, 0.25) is 0 Å². The second-order valence-corrected chi connectivity index (χ2v) is 5.98. The highest BCUT2D eigenvalue weighted by Crippen LogP contribution is 2.34. The number of carboxylic acids is 1. The summed E-state index contributed by atoms with van der Waals surface area (Å²) in [7, 11) is 0. The number of hydrogen-bond acceptors (Lipinski definition) is 2. The maximum Gasteiger partial charge on any atom is 0.316 e. The Bertz CT molecular complexity index is 403. The zero-order chi connectivity index (χ0) is 12.3. The molecule has 1 N–H and O–H groups in total. The minimum atomic E-state index is -0.709. The predicted molar refractivity (Wildman–Crippen MR) is 71.7 cm³/mol. The molecule has 0 aliphatic heterocycles. The highest BCUT2D eigenvalue weighted by molar-refractivity contribution is 8.00. The largest absolute Gasteiger partial charge is 0.480 e. The van der Waals surface area contributed by atoms with E-state index in [0.29, 0.717) is 5.92 Å². The molecule has 0 heterocycles. The van der Waals surface area contributed by atoms with Crippen LogP contribution in [0.4, 0.5) is 0 Å². The molecule has 0 bridgehead atoms. The van der Waals surface area contributed by atoms with Gasteiger partial charge in [-0.15, -0.1) is 11.8 Å². The third-order valence-electron chi connectivity index (χ3n) is 3.39. The summed E-state index contributed by atoms with van der Waals surface area (Å²) in [5.74, 6) is 0.746. The predicted octanol–water partition coefficient (Wildman–Crippen LogP) is 3.31. The summed E-state index contributed by atoms with van der Waals surface area (Å²) in [6.07, 6.45) is 3.59. The first-order chi connectivity index (χ1) is 8.18. The van der Waals surface area contributed by atoms with Crippen LogP contribution in [0.1, 0.15) is 36.8 Å². The highest BCUT2D eigenvalue weighted by atomic mass is 32.2. The molecule has 0 saturated heterocycles. The molecule has 0 radical (unpaired) electrons. The van der Waals surface area contributed by atoms with Gasteiger partial charge < -0.3 is 5.11 Å². The fraction of sp³-hybridized carbons (Fsp3) is 0.500. The summed E-state index contributed by atoms with van der Waals surface area (Å²) in [6, 6.07) is 8.58. The molecule has 1 aliphatic rings.